The Morgan fingerprint density at radius 2 is 1.88 bits per heavy atom. The van der Waals surface area contributed by atoms with Gasteiger partial charge in [0.1, 0.15) is 16.8 Å². The van der Waals surface area contributed by atoms with E-state index in [0.717, 1.165) is 17.8 Å². The second kappa shape index (κ2) is 5.48. The van der Waals surface area contributed by atoms with Gasteiger partial charge in [0.05, 0.1) is 0 Å². The molecule has 0 aliphatic heterocycles. The summed E-state index contributed by atoms with van der Waals surface area (Å²) in [6.45, 7) is 10.4. The summed E-state index contributed by atoms with van der Waals surface area (Å²) in [5.74, 6) is 2.16. The van der Waals surface area contributed by atoms with Crippen LogP contribution in [0.1, 0.15) is 38.6 Å². The van der Waals surface area contributed by atoms with E-state index >= 15 is 0 Å². The molecule has 4 heteroatoms. The van der Waals surface area contributed by atoms with E-state index in [9.17, 15) is 0 Å². The summed E-state index contributed by atoms with van der Waals surface area (Å²) in [5.41, 5.74) is 0.919. The molecule has 1 N–H and O–H groups in total. The molecule has 1 heterocycles. The van der Waals surface area contributed by atoms with Gasteiger partial charge in [-0.1, -0.05) is 31.9 Å². The maximum atomic E-state index is 6.02. The van der Waals surface area contributed by atoms with E-state index in [4.69, 9.17) is 11.6 Å². The van der Waals surface area contributed by atoms with Gasteiger partial charge in [-0.15, -0.1) is 0 Å². The molecule has 2 unspecified atom stereocenters. The molecule has 90 valence electrons. The highest BCUT2D eigenvalue weighted by atomic mass is 35.5. The van der Waals surface area contributed by atoms with E-state index in [1.165, 1.54) is 0 Å². The van der Waals surface area contributed by atoms with E-state index in [0.29, 0.717) is 22.9 Å². The highest BCUT2D eigenvalue weighted by Crippen LogP contribution is 2.22. The molecule has 0 aromatic carbocycles. The topological polar surface area (TPSA) is 37.8 Å². The summed E-state index contributed by atoms with van der Waals surface area (Å²) in [6, 6.07) is 0.383. The van der Waals surface area contributed by atoms with Crippen molar-refractivity contribution in [2.24, 2.45) is 5.92 Å². The van der Waals surface area contributed by atoms with Crippen LogP contribution in [0.5, 0.6) is 0 Å². The molecule has 3 nitrogen and oxygen atoms in total. The lowest BCUT2D eigenvalue weighted by atomic mass is 10.0. The van der Waals surface area contributed by atoms with Gasteiger partial charge in [0, 0.05) is 11.6 Å². The molecular formula is C12H20ClN3. The number of aromatic nitrogens is 2. The normalized spacial score (nSPS) is 14.6. The van der Waals surface area contributed by atoms with Crippen molar-refractivity contribution in [2.75, 3.05) is 5.32 Å². The molecule has 2 atom stereocenters. The fourth-order valence-electron chi connectivity index (χ4n) is 1.45. The van der Waals surface area contributed by atoms with Crippen LogP contribution < -0.4 is 5.32 Å². The second-order valence-electron chi connectivity index (χ2n) is 4.35. The Hall–Kier alpha value is -0.830. The first-order chi connectivity index (χ1) is 7.45. The quantitative estimate of drug-likeness (QED) is 0.819. The molecule has 1 aromatic rings. The summed E-state index contributed by atoms with van der Waals surface area (Å²) in [4.78, 5) is 8.50. The van der Waals surface area contributed by atoms with Gasteiger partial charge in [-0.05, 0) is 26.7 Å². The number of halogens is 1. The average molecular weight is 242 g/mol. The van der Waals surface area contributed by atoms with Crippen LogP contribution in [0, 0.1) is 19.8 Å². The van der Waals surface area contributed by atoms with Crippen LogP contribution in [0.25, 0.3) is 0 Å². The van der Waals surface area contributed by atoms with Crippen molar-refractivity contribution in [3.63, 3.8) is 0 Å². The zero-order chi connectivity index (χ0) is 12.3. The lowest BCUT2D eigenvalue weighted by Gasteiger charge is -2.21. The first-order valence-electron chi connectivity index (χ1n) is 5.73. The van der Waals surface area contributed by atoms with Gasteiger partial charge in [0.25, 0.3) is 0 Å². The molecule has 0 spiro atoms. The predicted molar refractivity (Wildman–Crippen MR) is 69.1 cm³/mol. The number of aryl methyl sites for hydroxylation is 1. The van der Waals surface area contributed by atoms with E-state index in [2.05, 4.69) is 36.1 Å². The Kier molecular flexibility index (Phi) is 4.54. The van der Waals surface area contributed by atoms with Gasteiger partial charge in [-0.25, -0.2) is 9.97 Å². The van der Waals surface area contributed by atoms with Crippen molar-refractivity contribution in [3.05, 3.63) is 16.5 Å². The van der Waals surface area contributed by atoms with E-state index in [1.54, 1.807) is 0 Å². The second-order valence-corrected chi connectivity index (χ2v) is 4.71. The standard InChI is InChI=1S/C12H20ClN3/c1-6-7(2)9(4)14-12-8(3)11(13)15-10(5)16-12/h7,9H,6H2,1-5H3,(H,14,15,16). The molecule has 0 amide bonds. The molecule has 1 aromatic heterocycles. The third kappa shape index (κ3) is 3.08. The number of rotatable bonds is 4. The van der Waals surface area contributed by atoms with Crippen molar-refractivity contribution >= 4 is 17.4 Å². The minimum Gasteiger partial charge on any atom is -0.367 e. The highest BCUT2D eigenvalue weighted by molar-refractivity contribution is 6.30. The van der Waals surface area contributed by atoms with Crippen LogP contribution >= 0.6 is 11.6 Å². The number of hydrogen-bond donors (Lipinski definition) is 1. The van der Waals surface area contributed by atoms with E-state index in [-0.39, 0.29) is 0 Å². The SMILES string of the molecule is CCC(C)C(C)Nc1nc(C)nc(Cl)c1C. The minimum absolute atomic E-state index is 0.383. The summed E-state index contributed by atoms with van der Waals surface area (Å²) in [5, 5.41) is 3.94. The summed E-state index contributed by atoms with van der Waals surface area (Å²) < 4.78 is 0. The van der Waals surface area contributed by atoms with Crippen molar-refractivity contribution in [3.8, 4) is 0 Å². The van der Waals surface area contributed by atoms with Gasteiger partial charge in [-0.3, -0.25) is 0 Å². The van der Waals surface area contributed by atoms with Gasteiger partial charge in [0.15, 0.2) is 0 Å². The van der Waals surface area contributed by atoms with Crippen molar-refractivity contribution < 1.29 is 0 Å². The molecule has 0 saturated carbocycles. The van der Waals surface area contributed by atoms with Crippen LogP contribution in [-0.2, 0) is 0 Å². The number of hydrogen-bond acceptors (Lipinski definition) is 3. The summed E-state index contributed by atoms with van der Waals surface area (Å²) >= 11 is 6.02. The van der Waals surface area contributed by atoms with Gasteiger partial charge >= 0.3 is 0 Å². The Balaban J connectivity index is 2.88. The minimum atomic E-state index is 0.383. The van der Waals surface area contributed by atoms with Crippen LogP contribution in [-0.4, -0.2) is 16.0 Å². The van der Waals surface area contributed by atoms with E-state index in [1.807, 2.05) is 13.8 Å². The maximum absolute atomic E-state index is 6.02. The van der Waals surface area contributed by atoms with Crippen LogP contribution in [0.4, 0.5) is 5.82 Å². The van der Waals surface area contributed by atoms with Crippen molar-refractivity contribution in [2.45, 2.75) is 47.1 Å². The Morgan fingerprint density at radius 1 is 1.25 bits per heavy atom. The van der Waals surface area contributed by atoms with Crippen LogP contribution in [0.15, 0.2) is 0 Å². The third-order valence-electron chi connectivity index (χ3n) is 3.06. The van der Waals surface area contributed by atoms with Crippen molar-refractivity contribution in [1.82, 2.24) is 9.97 Å². The van der Waals surface area contributed by atoms with Gasteiger partial charge in [0.2, 0.25) is 0 Å². The highest BCUT2D eigenvalue weighted by Gasteiger charge is 2.13. The Bertz CT molecular complexity index is 366. The zero-order valence-electron chi connectivity index (χ0n) is 10.6. The van der Waals surface area contributed by atoms with Crippen LogP contribution in [0.2, 0.25) is 5.15 Å². The molecule has 0 bridgehead atoms. The molecule has 0 saturated heterocycles. The fraction of sp³-hybridized carbons (Fsp3) is 0.667. The molecule has 16 heavy (non-hydrogen) atoms. The van der Waals surface area contributed by atoms with Gasteiger partial charge in [-0.2, -0.15) is 0 Å². The third-order valence-corrected chi connectivity index (χ3v) is 3.43. The molecule has 0 radical (unpaired) electrons. The molecule has 0 fully saturated rings. The van der Waals surface area contributed by atoms with E-state index < -0.39 is 0 Å². The average Bonchev–Trinajstić information content (AvgIpc) is 2.23. The summed E-state index contributed by atoms with van der Waals surface area (Å²) in [7, 11) is 0. The lowest BCUT2D eigenvalue weighted by Crippen LogP contribution is -2.24. The van der Waals surface area contributed by atoms with Crippen molar-refractivity contribution in [1.29, 1.82) is 0 Å². The Labute approximate surface area is 103 Å². The maximum Gasteiger partial charge on any atom is 0.137 e. The van der Waals surface area contributed by atoms with Crippen LogP contribution in [0.3, 0.4) is 0 Å². The zero-order valence-corrected chi connectivity index (χ0v) is 11.4. The smallest absolute Gasteiger partial charge is 0.137 e. The largest absolute Gasteiger partial charge is 0.367 e. The molecular weight excluding hydrogens is 222 g/mol. The monoisotopic (exact) mass is 241 g/mol. The number of nitrogens with one attached hydrogen (secondary N) is 1. The number of anilines is 1. The molecule has 1 rings (SSSR count). The first kappa shape index (κ1) is 13.2. The first-order valence-corrected chi connectivity index (χ1v) is 6.10. The Morgan fingerprint density at radius 3 is 2.44 bits per heavy atom. The van der Waals surface area contributed by atoms with Gasteiger partial charge < -0.3 is 5.32 Å². The predicted octanol–water partition coefficient (Wildman–Crippen LogP) is 3.59. The number of nitrogens with zero attached hydrogens (tertiary/aromatic N) is 2. The molecule has 0 aliphatic carbocycles. The molecule has 0 aliphatic rings. The fourth-order valence-corrected chi connectivity index (χ4v) is 1.66. The summed E-state index contributed by atoms with van der Waals surface area (Å²) in [6.07, 6.45) is 1.14. The lowest BCUT2D eigenvalue weighted by molar-refractivity contribution is 0.493.